The second-order valence-corrected chi connectivity index (χ2v) is 11.0. The molecule has 3 heterocycles. The first-order chi connectivity index (χ1) is 16.3. The first-order valence-corrected chi connectivity index (χ1v) is 12.4. The maximum absolute atomic E-state index is 13.1. The number of aliphatic hydroxyl groups is 2. The number of epoxide rings is 1. The molecule has 2 aliphatic heterocycles. The van der Waals surface area contributed by atoms with Crippen molar-refractivity contribution in [3.05, 3.63) is 35.7 Å². The van der Waals surface area contributed by atoms with E-state index in [1.807, 2.05) is 31.2 Å². The van der Waals surface area contributed by atoms with Gasteiger partial charge in [-0.3, -0.25) is 14.6 Å². The number of pyridine rings is 1. The number of nitrogens with zero attached hydrogens (tertiary/aromatic N) is 1. The van der Waals surface area contributed by atoms with Crippen LogP contribution in [-0.2, 0) is 23.8 Å². The highest BCUT2D eigenvalue weighted by molar-refractivity contribution is 6.25. The molecule has 0 aromatic carbocycles. The molecule has 0 saturated carbocycles. The number of ketones is 1. The number of alkyl halides is 1. The van der Waals surface area contributed by atoms with Crippen LogP contribution in [0.25, 0.3) is 6.08 Å². The van der Waals surface area contributed by atoms with Crippen molar-refractivity contribution in [2.75, 3.05) is 13.2 Å². The molecule has 2 fully saturated rings. The van der Waals surface area contributed by atoms with E-state index in [9.17, 15) is 19.8 Å². The maximum Gasteiger partial charge on any atom is 0.309 e. The molecule has 0 amide bonds. The summed E-state index contributed by atoms with van der Waals surface area (Å²) in [5, 5.41) is 20.5. The fourth-order valence-corrected chi connectivity index (χ4v) is 4.64. The zero-order valence-electron chi connectivity index (χ0n) is 20.9. The van der Waals surface area contributed by atoms with E-state index in [2.05, 4.69) is 4.98 Å². The summed E-state index contributed by atoms with van der Waals surface area (Å²) in [6.45, 7) is 8.65. The Hall–Kier alpha value is -1.84. The Labute approximate surface area is 211 Å². The van der Waals surface area contributed by atoms with E-state index in [1.165, 1.54) is 0 Å². The summed E-state index contributed by atoms with van der Waals surface area (Å²) in [4.78, 5) is 30.3. The number of carbonyl (C=O) groups is 2. The Morgan fingerprint density at radius 3 is 2.60 bits per heavy atom. The molecule has 194 valence electrons. The van der Waals surface area contributed by atoms with Gasteiger partial charge in [0.15, 0.2) is 5.06 Å². The van der Waals surface area contributed by atoms with Gasteiger partial charge in [-0.05, 0) is 30.7 Å². The minimum atomic E-state index is -1.29. The molecule has 2 unspecified atom stereocenters. The molecular weight excluding hydrogens is 474 g/mol. The van der Waals surface area contributed by atoms with Crippen molar-refractivity contribution in [3.8, 4) is 0 Å². The number of hydrogen-bond donors (Lipinski definition) is 2. The molecule has 2 saturated heterocycles. The Kier molecular flexibility index (Phi) is 8.76. The van der Waals surface area contributed by atoms with Gasteiger partial charge < -0.3 is 24.4 Å². The Bertz CT molecular complexity index is 937. The molecular formula is C26H36ClNO7. The van der Waals surface area contributed by atoms with E-state index >= 15 is 0 Å². The lowest BCUT2D eigenvalue weighted by atomic mass is 9.73. The number of cyclic esters (lactones) is 1. The lowest BCUT2D eigenvalue weighted by Gasteiger charge is -2.34. The van der Waals surface area contributed by atoms with E-state index in [0.29, 0.717) is 12.1 Å². The summed E-state index contributed by atoms with van der Waals surface area (Å²) >= 11 is 6.56. The lowest BCUT2D eigenvalue weighted by molar-refractivity contribution is -0.154. The smallest absolute Gasteiger partial charge is 0.309 e. The van der Waals surface area contributed by atoms with E-state index in [-0.39, 0.29) is 31.3 Å². The summed E-state index contributed by atoms with van der Waals surface area (Å²) in [7, 11) is 0. The molecule has 7 atom stereocenters. The molecule has 3 rings (SSSR count). The third kappa shape index (κ3) is 6.68. The minimum Gasteiger partial charge on any atom is -0.458 e. The molecule has 2 aliphatic rings. The van der Waals surface area contributed by atoms with Gasteiger partial charge >= 0.3 is 5.97 Å². The Morgan fingerprint density at radius 1 is 1.23 bits per heavy atom. The molecule has 0 spiro atoms. The van der Waals surface area contributed by atoms with Crippen LogP contribution in [0.1, 0.15) is 53.2 Å². The van der Waals surface area contributed by atoms with E-state index in [1.54, 1.807) is 33.9 Å². The first-order valence-electron chi connectivity index (χ1n) is 12.0. The summed E-state index contributed by atoms with van der Waals surface area (Å²) in [5.41, 5.74) is 0.179. The van der Waals surface area contributed by atoms with Crippen molar-refractivity contribution < 1.29 is 34.0 Å². The highest BCUT2D eigenvalue weighted by Gasteiger charge is 2.56. The standard InChI is InChI=1S/C26H36ClNO7/c1-15(10-18-8-6-7-9-28-18)19-11-21-26(27,35-21)14-33-13-16(2)23(31)17(3)24(32)25(4,5)20(29)12-22(30)34-19/h6-10,16-17,19-21,23,29,31H,11-14H2,1-5H3/b15-10+/t16-,17-,19-,20+,21?,23-,26?/m1/s1. The zero-order chi connectivity index (χ0) is 26.0. The van der Waals surface area contributed by atoms with Gasteiger partial charge in [0.05, 0.1) is 43.0 Å². The van der Waals surface area contributed by atoms with Crippen LogP contribution in [0.3, 0.4) is 0 Å². The van der Waals surface area contributed by atoms with Crippen molar-refractivity contribution in [1.82, 2.24) is 4.98 Å². The van der Waals surface area contributed by atoms with Gasteiger partial charge in [-0.15, -0.1) is 0 Å². The monoisotopic (exact) mass is 509 g/mol. The van der Waals surface area contributed by atoms with Crippen molar-refractivity contribution in [2.45, 2.75) is 76.9 Å². The van der Waals surface area contributed by atoms with Crippen LogP contribution in [0.4, 0.5) is 0 Å². The number of ether oxygens (including phenoxy) is 3. The molecule has 0 bridgehead atoms. The highest BCUT2D eigenvalue weighted by Crippen LogP contribution is 2.45. The molecule has 35 heavy (non-hydrogen) atoms. The molecule has 0 radical (unpaired) electrons. The summed E-state index contributed by atoms with van der Waals surface area (Å²) in [6, 6.07) is 5.50. The fraction of sp³-hybridized carbons (Fsp3) is 0.654. The van der Waals surface area contributed by atoms with E-state index in [0.717, 1.165) is 5.57 Å². The van der Waals surface area contributed by atoms with Crippen LogP contribution in [0, 0.1) is 17.3 Å². The van der Waals surface area contributed by atoms with Crippen molar-refractivity contribution in [2.24, 2.45) is 17.3 Å². The van der Waals surface area contributed by atoms with Crippen molar-refractivity contribution >= 4 is 29.4 Å². The molecule has 8 nitrogen and oxygen atoms in total. The molecule has 9 heteroatoms. The lowest BCUT2D eigenvalue weighted by Crippen LogP contribution is -2.46. The Balaban J connectivity index is 1.86. The summed E-state index contributed by atoms with van der Waals surface area (Å²) < 4.78 is 17.2. The number of halogens is 1. The second kappa shape index (κ2) is 11.0. The molecule has 1 aromatic heterocycles. The summed E-state index contributed by atoms with van der Waals surface area (Å²) in [6.07, 6.45) is 0.0507. The van der Waals surface area contributed by atoms with Gasteiger partial charge in [0.1, 0.15) is 18.0 Å². The third-order valence-corrected chi connectivity index (χ3v) is 7.49. The number of rotatable bonds is 2. The van der Waals surface area contributed by atoms with Crippen LogP contribution in [0.15, 0.2) is 30.0 Å². The maximum atomic E-state index is 13.1. The Morgan fingerprint density at radius 2 is 1.94 bits per heavy atom. The molecule has 0 aliphatic carbocycles. The largest absolute Gasteiger partial charge is 0.458 e. The number of fused-ring (bicyclic) bond motifs is 1. The van der Waals surface area contributed by atoms with Gasteiger partial charge in [0.25, 0.3) is 0 Å². The molecule has 2 N–H and O–H groups in total. The topological polar surface area (TPSA) is 118 Å². The van der Waals surface area contributed by atoms with E-state index < -0.39 is 46.8 Å². The number of hydrogen-bond acceptors (Lipinski definition) is 8. The van der Waals surface area contributed by atoms with Crippen LogP contribution in [0.5, 0.6) is 0 Å². The van der Waals surface area contributed by atoms with Gasteiger partial charge in [-0.25, -0.2) is 0 Å². The zero-order valence-corrected chi connectivity index (χ0v) is 21.7. The molecule has 1 aromatic rings. The average Bonchev–Trinajstić information content (AvgIpc) is 3.45. The van der Waals surface area contributed by atoms with Crippen LogP contribution < -0.4 is 0 Å². The van der Waals surface area contributed by atoms with E-state index in [4.69, 9.17) is 25.8 Å². The predicted octanol–water partition coefficient (Wildman–Crippen LogP) is 3.13. The first kappa shape index (κ1) is 27.7. The second-order valence-electron chi connectivity index (χ2n) is 10.3. The van der Waals surface area contributed by atoms with Gasteiger partial charge in [0.2, 0.25) is 0 Å². The number of aliphatic hydroxyl groups excluding tert-OH is 2. The number of esters is 1. The number of aromatic nitrogens is 1. The predicted molar refractivity (Wildman–Crippen MR) is 130 cm³/mol. The van der Waals surface area contributed by atoms with Gasteiger partial charge in [0, 0.05) is 24.5 Å². The van der Waals surface area contributed by atoms with Crippen molar-refractivity contribution in [3.63, 3.8) is 0 Å². The van der Waals surface area contributed by atoms with Crippen molar-refractivity contribution in [1.29, 1.82) is 0 Å². The van der Waals surface area contributed by atoms with Gasteiger partial charge in [-0.2, -0.15) is 0 Å². The number of Topliss-reactive ketones (excluding diaryl/α,β-unsaturated/α-hetero) is 1. The highest BCUT2D eigenvalue weighted by atomic mass is 35.5. The van der Waals surface area contributed by atoms with Gasteiger partial charge in [-0.1, -0.05) is 45.4 Å². The number of carbonyl (C=O) groups excluding carboxylic acids is 2. The average molecular weight is 510 g/mol. The third-order valence-electron chi connectivity index (χ3n) is 7.05. The van der Waals surface area contributed by atoms with Crippen LogP contribution >= 0.6 is 11.6 Å². The minimum absolute atomic E-state index is 0.0898. The fourth-order valence-electron chi connectivity index (χ4n) is 4.36. The quantitative estimate of drug-likeness (QED) is 0.354. The summed E-state index contributed by atoms with van der Waals surface area (Å²) in [5.74, 6) is -2.11. The van der Waals surface area contributed by atoms with Crippen LogP contribution in [0.2, 0.25) is 0 Å². The normalized spacial score (nSPS) is 37.3. The SMILES string of the molecule is C/C(=C\c1ccccn1)[C@H]1CC2OC2(Cl)COC[C@@H](C)[C@@H](O)[C@@H](C)C(=O)C(C)(C)[C@@H](O)CC(=O)O1. The van der Waals surface area contributed by atoms with Crippen LogP contribution in [-0.4, -0.2) is 69.6 Å².